The van der Waals surface area contributed by atoms with Gasteiger partial charge in [-0.15, -0.1) is 0 Å². The number of hydrogen-bond acceptors (Lipinski definition) is 4. The van der Waals surface area contributed by atoms with E-state index in [1.807, 2.05) is 0 Å². The van der Waals surface area contributed by atoms with Gasteiger partial charge in [-0.05, 0) is 6.92 Å². The van der Waals surface area contributed by atoms with Gasteiger partial charge < -0.3 is 13.9 Å². The molecule has 0 radical (unpaired) electrons. The molecule has 0 unspecified atom stereocenters. The molecule has 0 amide bonds. The summed E-state index contributed by atoms with van der Waals surface area (Å²) in [5.74, 6) is -0.468. The number of nitrogens with zero attached hydrogens (tertiary/aromatic N) is 2. The van der Waals surface area contributed by atoms with Crippen molar-refractivity contribution < 1.29 is 9.53 Å². The predicted octanol–water partition coefficient (Wildman–Crippen LogP) is -0.334. The van der Waals surface area contributed by atoms with E-state index in [4.69, 9.17) is 0 Å². The van der Waals surface area contributed by atoms with Crippen molar-refractivity contribution in [2.75, 3.05) is 6.61 Å². The van der Waals surface area contributed by atoms with Gasteiger partial charge in [0.1, 0.15) is 0 Å². The highest BCUT2D eigenvalue weighted by atomic mass is 16.5. The summed E-state index contributed by atoms with van der Waals surface area (Å²) in [6.45, 7) is 2.17. The van der Waals surface area contributed by atoms with Crippen LogP contribution in [0.2, 0.25) is 0 Å². The first-order valence-electron chi connectivity index (χ1n) is 5.15. The van der Waals surface area contributed by atoms with Gasteiger partial charge in [0.2, 0.25) is 0 Å². The molecule has 0 saturated carbocycles. The molecular weight excluding hydrogens is 224 g/mol. The monoisotopic (exact) mass is 238 g/mol. The summed E-state index contributed by atoms with van der Waals surface area (Å²) in [7, 11) is 1.50. The summed E-state index contributed by atoms with van der Waals surface area (Å²) < 4.78 is 7.10. The largest absolute Gasteiger partial charge is 0.463 e. The summed E-state index contributed by atoms with van der Waals surface area (Å²) in [4.78, 5) is 33.8. The molecule has 0 spiro atoms. The number of hydrogen-bond donors (Lipinski definition) is 0. The minimum atomic E-state index is -0.622. The van der Waals surface area contributed by atoms with E-state index in [0.717, 1.165) is 0 Å². The number of rotatable bonds is 4. The van der Waals surface area contributed by atoms with Crippen LogP contribution in [-0.2, 0) is 23.1 Å². The van der Waals surface area contributed by atoms with Crippen LogP contribution >= 0.6 is 0 Å². The van der Waals surface area contributed by atoms with Crippen molar-refractivity contribution in [3.63, 3.8) is 0 Å². The highest BCUT2D eigenvalue weighted by Gasteiger charge is 2.00. The van der Waals surface area contributed by atoms with Gasteiger partial charge in [0, 0.05) is 32.1 Å². The van der Waals surface area contributed by atoms with Crippen LogP contribution in [0.4, 0.5) is 0 Å². The Morgan fingerprint density at radius 2 is 2.06 bits per heavy atom. The summed E-state index contributed by atoms with van der Waals surface area (Å²) in [5.41, 5.74) is -1.22. The SMILES string of the molecule is CCOC(=O)/C=C/Cn1ccn(C)c(=O)c1=O. The fraction of sp³-hybridized carbons (Fsp3) is 0.364. The summed E-state index contributed by atoms with van der Waals surface area (Å²) in [5, 5.41) is 0. The molecule has 0 aliphatic rings. The minimum Gasteiger partial charge on any atom is -0.463 e. The molecule has 0 aliphatic carbocycles. The lowest BCUT2D eigenvalue weighted by molar-refractivity contribution is -0.137. The van der Waals surface area contributed by atoms with E-state index in [9.17, 15) is 14.4 Å². The third-order valence-corrected chi connectivity index (χ3v) is 2.08. The first-order chi connectivity index (χ1) is 8.06. The molecule has 0 fully saturated rings. The highest BCUT2D eigenvalue weighted by Crippen LogP contribution is 1.85. The maximum atomic E-state index is 11.5. The number of aryl methyl sites for hydroxylation is 1. The first-order valence-corrected chi connectivity index (χ1v) is 5.15. The average molecular weight is 238 g/mol. The maximum absolute atomic E-state index is 11.5. The molecule has 6 heteroatoms. The third kappa shape index (κ3) is 3.44. The van der Waals surface area contributed by atoms with E-state index < -0.39 is 17.1 Å². The summed E-state index contributed by atoms with van der Waals surface area (Å²) in [6.07, 6.45) is 5.67. The van der Waals surface area contributed by atoms with Gasteiger partial charge in [-0.3, -0.25) is 9.59 Å². The molecule has 0 N–H and O–H groups in total. The molecule has 0 aromatic carbocycles. The van der Waals surface area contributed by atoms with Gasteiger partial charge in [0.05, 0.1) is 6.61 Å². The topological polar surface area (TPSA) is 70.3 Å². The standard InChI is InChI=1S/C11H14N2O4/c1-3-17-9(14)5-4-6-13-8-7-12(2)10(15)11(13)16/h4-5,7-8H,3,6H2,1-2H3/b5-4+. The smallest absolute Gasteiger partial charge is 0.330 e. The Labute approximate surface area is 97.8 Å². The fourth-order valence-corrected chi connectivity index (χ4v) is 1.19. The van der Waals surface area contributed by atoms with Gasteiger partial charge in [0.25, 0.3) is 0 Å². The number of allylic oxidation sites excluding steroid dienone is 1. The molecule has 17 heavy (non-hydrogen) atoms. The van der Waals surface area contributed by atoms with Crippen LogP contribution in [0.15, 0.2) is 34.1 Å². The lowest BCUT2D eigenvalue weighted by Crippen LogP contribution is -2.39. The predicted molar refractivity (Wildman–Crippen MR) is 61.7 cm³/mol. The Kier molecular flexibility index (Phi) is 4.45. The zero-order valence-corrected chi connectivity index (χ0v) is 9.75. The quantitative estimate of drug-likeness (QED) is 0.409. The maximum Gasteiger partial charge on any atom is 0.330 e. The van der Waals surface area contributed by atoms with Crippen LogP contribution < -0.4 is 11.1 Å². The van der Waals surface area contributed by atoms with Crippen molar-refractivity contribution in [2.24, 2.45) is 7.05 Å². The van der Waals surface area contributed by atoms with Crippen molar-refractivity contribution in [1.82, 2.24) is 9.13 Å². The second-order valence-electron chi connectivity index (χ2n) is 3.33. The second-order valence-corrected chi connectivity index (χ2v) is 3.33. The van der Waals surface area contributed by atoms with E-state index >= 15 is 0 Å². The van der Waals surface area contributed by atoms with Crippen LogP contribution in [-0.4, -0.2) is 21.7 Å². The summed E-state index contributed by atoms with van der Waals surface area (Å²) in [6, 6.07) is 0. The molecule has 1 rings (SSSR count). The van der Waals surface area contributed by atoms with Crippen molar-refractivity contribution >= 4 is 5.97 Å². The van der Waals surface area contributed by atoms with E-state index in [-0.39, 0.29) is 6.54 Å². The molecule has 0 aliphatic heterocycles. The number of carbonyl (C=O) groups is 1. The van der Waals surface area contributed by atoms with E-state index in [0.29, 0.717) is 6.61 Å². The Balaban J connectivity index is 2.78. The number of carbonyl (C=O) groups excluding carboxylic acids is 1. The molecule has 1 aromatic rings. The van der Waals surface area contributed by atoms with Gasteiger partial charge in [0.15, 0.2) is 0 Å². The molecule has 1 aromatic heterocycles. The Morgan fingerprint density at radius 1 is 1.35 bits per heavy atom. The normalized spacial score (nSPS) is 10.7. The van der Waals surface area contributed by atoms with E-state index in [1.165, 1.54) is 40.7 Å². The molecule has 0 bridgehead atoms. The average Bonchev–Trinajstić information content (AvgIpc) is 2.29. The lowest BCUT2D eigenvalue weighted by atomic mass is 10.4. The van der Waals surface area contributed by atoms with Crippen LogP contribution in [0, 0.1) is 0 Å². The molecule has 0 saturated heterocycles. The number of aromatic nitrogens is 2. The van der Waals surface area contributed by atoms with Gasteiger partial charge in [-0.2, -0.15) is 0 Å². The molecule has 6 nitrogen and oxygen atoms in total. The fourth-order valence-electron chi connectivity index (χ4n) is 1.19. The number of esters is 1. The van der Waals surface area contributed by atoms with Crippen molar-refractivity contribution in [2.45, 2.75) is 13.5 Å². The van der Waals surface area contributed by atoms with Crippen LogP contribution in [0.3, 0.4) is 0 Å². The molecule has 92 valence electrons. The van der Waals surface area contributed by atoms with Gasteiger partial charge >= 0.3 is 17.1 Å². The zero-order valence-electron chi connectivity index (χ0n) is 9.75. The van der Waals surface area contributed by atoms with Crippen molar-refractivity contribution in [3.8, 4) is 0 Å². The number of ether oxygens (including phenoxy) is 1. The van der Waals surface area contributed by atoms with E-state index in [1.54, 1.807) is 6.92 Å². The van der Waals surface area contributed by atoms with Gasteiger partial charge in [-0.25, -0.2) is 4.79 Å². The summed E-state index contributed by atoms with van der Waals surface area (Å²) >= 11 is 0. The Hall–Kier alpha value is -2.11. The Morgan fingerprint density at radius 3 is 2.71 bits per heavy atom. The lowest BCUT2D eigenvalue weighted by Gasteiger charge is -2.02. The van der Waals surface area contributed by atoms with Crippen LogP contribution in [0.5, 0.6) is 0 Å². The third-order valence-electron chi connectivity index (χ3n) is 2.08. The van der Waals surface area contributed by atoms with E-state index in [2.05, 4.69) is 4.74 Å². The minimum absolute atomic E-state index is 0.160. The second kappa shape index (κ2) is 5.83. The van der Waals surface area contributed by atoms with Crippen molar-refractivity contribution in [3.05, 3.63) is 45.3 Å². The highest BCUT2D eigenvalue weighted by molar-refractivity contribution is 5.81. The Bertz CT molecular complexity index is 539. The molecular formula is C11H14N2O4. The van der Waals surface area contributed by atoms with Crippen molar-refractivity contribution in [1.29, 1.82) is 0 Å². The zero-order chi connectivity index (χ0) is 12.8. The van der Waals surface area contributed by atoms with Gasteiger partial charge in [-0.1, -0.05) is 6.08 Å². The molecule has 0 atom stereocenters. The van der Waals surface area contributed by atoms with Crippen LogP contribution in [0.1, 0.15) is 6.92 Å². The molecule has 1 heterocycles. The first kappa shape index (κ1) is 13.0. The van der Waals surface area contributed by atoms with Crippen LogP contribution in [0.25, 0.3) is 0 Å².